The number of carbonyl (C=O) groups excluding carboxylic acids is 1. The van der Waals surface area contributed by atoms with Crippen molar-refractivity contribution in [2.75, 3.05) is 0 Å². The predicted molar refractivity (Wildman–Crippen MR) is 74.0 cm³/mol. The molecule has 0 atom stereocenters. The molecule has 0 unspecified atom stereocenters. The van der Waals surface area contributed by atoms with Crippen LogP contribution in [0.5, 0.6) is 0 Å². The Bertz CT molecular complexity index is 608. The number of allylic oxidation sites excluding steroid dienone is 1. The molecule has 1 aromatic carbocycles. The maximum atomic E-state index is 12.7. The van der Waals surface area contributed by atoms with Gasteiger partial charge in [0.25, 0.3) is 5.22 Å². The molecule has 1 heterocycles. The van der Waals surface area contributed by atoms with Crippen LogP contribution in [0, 0.1) is 5.82 Å². The van der Waals surface area contributed by atoms with Gasteiger partial charge in [0, 0.05) is 12.0 Å². The van der Waals surface area contributed by atoms with E-state index < -0.39 is 0 Å². The molecule has 4 nitrogen and oxygen atoms in total. The molecule has 6 heteroatoms. The first-order valence-corrected chi connectivity index (χ1v) is 7.02. The number of hydrogen-bond donors (Lipinski definition) is 0. The van der Waals surface area contributed by atoms with Crippen molar-refractivity contribution in [1.29, 1.82) is 0 Å². The van der Waals surface area contributed by atoms with Gasteiger partial charge in [-0.15, -0.1) is 10.2 Å². The number of nitrogens with zero attached hydrogens (tertiary/aromatic N) is 2. The van der Waals surface area contributed by atoms with Gasteiger partial charge in [-0.2, -0.15) is 0 Å². The third-order valence-corrected chi connectivity index (χ3v) is 3.07. The van der Waals surface area contributed by atoms with Gasteiger partial charge in [-0.1, -0.05) is 6.92 Å². The number of thioether (sulfide) groups is 1. The summed E-state index contributed by atoms with van der Waals surface area (Å²) in [6.45, 7) is 2.03. The quantitative estimate of drug-likeness (QED) is 0.462. The third-order valence-electron chi connectivity index (χ3n) is 2.43. The zero-order valence-corrected chi connectivity index (χ0v) is 11.7. The topological polar surface area (TPSA) is 56.0 Å². The minimum Gasteiger partial charge on any atom is -0.416 e. The van der Waals surface area contributed by atoms with Crippen LogP contribution in [-0.2, 0) is 6.42 Å². The van der Waals surface area contributed by atoms with Crippen LogP contribution in [0.2, 0.25) is 0 Å². The summed E-state index contributed by atoms with van der Waals surface area (Å²) in [6.07, 6.45) is 3.07. The summed E-state index contributed by atoms with van der Waals surface area (Å²) < 4.78 is 18.1. The van der Waals surface area contributed by atoms with E-state index >= 15 is 0 Å². The smallest absolute Gasteiger partial charge is 0.280 e. The van der Waals surface area contributed by atoms with E-state index in [0.29, 0.717) is 16.7 Å². The van der Waals surface area contributed by atoms with E-state index in [1.54, 1.807) is 5.41 Å². The van der Waals surface area contributed by atoms with E-state index in [-0.39, 0.29) is 11.6 Å². The zero-order chi connectivity index (χ0) is 14.4. The van der Waals surface area contributed by atoms with Gasteiger partial charge < -0.3 is 4.42 Å². The minimum absolute atomic E-state index is 0.203. The maximum Gasteiger partial charge on any atom is 0.280 e. The normalized spacial score (nSPS) is 11.1. The fraction of sp³-hybridized carbons (Fsp3) is 0.214. The molecule has 0 saturated heterocycles. The summed E-state index contributed by atoms with van der Waals surface area (Å²) in [5.74, 6) is 0.0216. The van der Waals surface area contributed by atoms with E-state index in [9.17, 15) is 9.18 Å². The van der Waals surface area contributed by atoms with Crippen LogP contribution >= 0.6 is 11.8 Å². The summed E-state index contributed by atoms with van der Waals surface area (Å²) in [7, 11) is 0. The number of benzene rings is 1. The number of aryl methyl sites for hydroxylation is 1. The first-order valence-electron chi connectivity index (χ1n) is 6.14. The average Bonchev–Trinajstić information content (AvgIpc) is 2.87. The highest BCUT2D eigenvalue weighted by atomic mass is 32.2. The van der Waals surface area contributed by atoms with Gasteiger partial charge in [-0.05, 0) is 53.9 Å². The summed E-state index contributed by atoms with van der Waals surface area (Å²) in [5, 5.41) is 9.70. The van der Waals surface area contributed by atoms with Crippen LogP contribution < -0.4 is 0 Å². The van der Waals surface area contributed by atoms with Gasteiger partial charge in [-0.3, -0.25) is 4.79 Å². The van der Waals surface area contributed by atoms with Crippen molar-refractivity contribution in [1.82, 2.24) is 10.2 Å². The fourth-order valence-corrected chi connectivity index (χ4v) is 2.01. The third kappa shape index (κ3) is 4.03. The van der Waals surface area contributed by atoms with Crippen molar-refractivity contribution < 1.29 is 13.6 Å². The van der Waals surface area contributed by atoms with Gasteiger partial charge in [0.15, 0.2) is 5.78 Å². The first-order chi connectivity index (χ1) is 9.69. The molecule has 0 amide bonds. The van der Waals surface area contributed by atoms with E-state index in [0.717, 1.165) is 12.8 Å². The van der Waals surface area contributed by atoms with Crippen molar-refractivity contribution in [3.63, 3.8) is 0 Å². The van der Waals surface area contributed by atoms with Crippen LogP contribution in [0.25, 0.3) is 0 Å². The Morgan fingerprint density at radius 2 is 2.10 bits per heavy atom. The molecular formula is C14H13FN2O2S. The molecule has 0 saturated carbocycles. The molecule has 0 spiro atoms. The lowest BCUT2D eigenvalue weighted by molar-refractivity contribution is 0.104. The number of ketones is 1. The van der Waals surface area contributed by atoms with Crippen LogP contribution in [0.15, 0.2) is 45.4 Å². The number of halogens is 1. The zero-order valence-electron chi connectivity index (χ0n) is 10.9. The Balaban J connectivity index is 1.92. The Morgan fingerprint density at radius 3 is 2.80 bits per heavy atom. The molecule has 0 aliphatic heterocycles. The second kappa shape index (κ2) is 7.00. The lowest BCUT2D eigenvalue weighted by Gasteiger charge is -1.94. The highest BCUT2D eigenvalue weighted by Gasteiger charge is 2.05. The lowest BCUT2D eigenvalue weighted by atomic mass is 10.1. The van der Waals surface area contributed by atoms with Gasteiger partial charge >= 0.3 is 0 Å². The molecule has 0 fully saturated rings. The Hall–Kier alpha value is -1.95. The molecule has 104 valence electrons. The average molecular weight is 292 g/mol. The van der Waals surface area contributed by atoms with E-state index in [2.05, 4.69) is 10.2 Å². The molecule has 0 radical (unpaired) electrons. The Labute approximate surface area is 120 Å². The Kier molecular flexibility index (Phi) is 5.06. The van der Waals surface area contributed by atoms with Crippen molar-refractivity contribution >= 4 is 17.5 Å². The highest BCUT2D eigenvalue weighted by Crippen LogP contribution is 2.18. The van der Waals surface area contributed by atoms with Crippen LogP contribution in [0.1, 0.15) is 29.6 Å². The number of carbonyl (C=O) groups is 1. The monoisotopic (exact) mass is 292 g/mol. The van der Waals surface area contributed by atoms with E-state index in [1.165, 1.54) is 42.1 Å². The van der Waals surface area contributed by atoms with Gasteiger partial charge in [-0.25, -0.2) is 4.39 Å². The number of aromatic nitrogens is 2. The number of hydrogen-bond acceptors (Lipinski definition) is 5. The molecule has 1 aromatic heterocycles. The molecule has 0 aliphatic rings. The second-order valence-electron chi connectivity index (χ2n) is 4.00. The van der Waals surface area contributed by atoms with Crippen LogP contribution in [0.3, 0.4) is 0 Å². The SMILES string of the molecule is CCCc1nnc(S/C=C/C(=O)c2ccc(F)cc2)o1. The summed E-state index contributed by atoms with van der Waals surface area (Å²) >= 11 is 1.18. The standard InChI is InChI=1S/C14H13FN2O2S/c1-2-3-13-16-17-14(19-13)20-9-8-12(18)10-4-6-11(15)7-5-10/h4-9H,2-3H2,1H3/b9-8+. The van der Waals surface area contributed by atoms with Gasteiger partial charge in [0.1, 0.15) is 5.82 Å². The van der Waals surface area contributed by atoms with Crippen molar-refractivity contribution in [3.05, 3.63) is 53.0 Å². The van der Waals surface area contributed by atoms with Crippen molar-refractivity contribution in [3.8, 4) is 0 Å². The van der Waals surface area contributed by atoms with E-state index in [4.69, 9.17) is 4.42 Å². The Morgan fingerprint density at radius 1 is 1.35 bits per heavy atom. The highest BCUT2D eigenvalue weighted by molar-refractivity contribution is 8.01. The molecular weight excluding hydrogens is 279 g/mol. The molecule has 0 bridgehead atoms. The summed E-state index contributed by atoms with van der Waals surface area (Å²) in [4.78, 5) is 11.8. The predicted octanol–water partition coefficient (Wildman–Crippen LogP) is 3.65. The maximum absolute atomic E-state index is 12.7. The second-order valence-corrected chi connectivity index (χ2v) is 4.86. The van der Waals surface area contributed by atoms with Crippen molar-refractivity contribution in [2.24, 2.45) is 0 Å². The summed E-state index contributed by atoms with van der Waals surface area (Å²) in [6, 6.07) is 5.39. The van der Waals surface area contributed by atoms with E-state index in [1.807, 2.05) is 6.92 Å². The first kappa shape index (κ1) is 14.5. The van der Waals surface area contributed by atoms with Gasteiger partial charge in [0.05, 0.1) is 0 Å². The largest absolute Gasteiger partial charge is 0.416 e. The molecule has 0 aliphatic carbocycles. The number of rotatable bonds is 6. The molecule has 0 N–H and O–H groups in total. The van der Waals surface area contributed by atoms with Crippen LogP contribution in [0.4, 0.5) is 4.39 Å². The summed E-state index contributed by atoms with van der Waals surface area (Å²) in [5.41, 5.74) is 0.431. The molecule has 2 rings (SSSR count). The van der Waals surface area contributed by atoms with Crippen molar-refractivity contribution in [2.45, 2.75) is 25.0 Å². The van der Waals surface area contributed by atoms with Gasteiger partial charge in [0.2, 0.25) is 5.89 Å². The fourth-order valence-electron chi connectivity index (χ4n) is 1.47. The minimum atomic E-state index is -0.366. The molecule has 2 aromatic rings. The lowest BCUT2D eigenvalue weighted by Crippen LogP contribution is -1.93. The molecule has 20 heavy (non-hydrogen) atoms. The van der Waals surface area contributed by atoms with Crippen LogP contribution in [-0.4, -0.2) is 16.0 Å².